The maximum Gasteiger partial charge on any atom is 0.433 e. The molecule has 3 heterocycles. The topological polar surface area (TPSA) is 54.8 Å². The summed E-state index contributed by atoms with van der Waals surface area (Å²) < 4.78 is 45.7. The summed E-state index contributed by atoms with van der Waals surface area (Å²) in [6.07, 6.45) is -4.44. The third-order valence-electron chi connectivity index (χ3n) is 4.91. The van der Waals surface area contributed by atoms with Crippen LogP contribution in [-0.2, 0) is 16.4 Å². The van der Waals surface area contributed by atoms with Crippen LogP contribution in [0.1, 0.15) is 28.9 Å². The molecule has 27 heavy (non-hydrogen) atoms. The van der Waals surface area contributed by atoms with Crippen molar-refractivity contribution in [2.45, 2.75) is 18.0 Å². The zero-order chi connectivity index (χ0) is 19.4. The maximum absolute atomic E-state index is 13.3. The average Bonchev–Trinajstić information content (AvgIpc) is 2.63. The van der Waals surface area contributed by atoms with Gasteiger partial charge in [0.15, 0.2) is 0 Å². The molecule has 1 aromatic carbocycles. The first-order valence-corrected chi connectivity index (χ1v) is 8.37. The lowest BCUT2D eigenvalue weighted by Gasteiger charge is -2.40. The van der Waals surface area contributed by atoms with Crippen molar-refractivity contribution < 1.29 is 22.7 Å². The molecular formula is C19H16F3N3O2. The van der Waals surface area contributed by atoms with Crippen LogP contribution in [0.2, 0.25) is 0 Å². The molecule has 0 saturated heterocycles. The Labute approximate surface area is 153 Å². The van der Waals surface area contributed by atoms with Crippen molar-refractivity contribution in [2.75, 3.05) is 20.7 Å². The number of amides is 1. The first kappa shape index (κ1) is 17.5. The number of alkyl halides is 3. The van der Waals surface area contributed by atoms with Crippen molar-refractivity contribution >= 4 is 11.7 Å². The molecule has 2 aliphatic heterocycles. The number of para-hydroxylation sites is 1. The quantitative estimate of drug-likeness (QED) is 0.710. The number of ether oxygens (including phenoxy) is 1. The Kier molecular flexibility index (Phi) is 3.76. The van der Waals surface area contributed by atoms with Crippen molar-refractivity contribution in [2.24, 2.45) is 4.99 Å². The minimum absolute atomic E-state index is 0.0803. The number of fused-ring (bicyclic) bond motifs is 4. The molecule has 0 bridgehead atoms. The van der Waals surface area contributed by atoms with Gasteiger partial charge in [-0.3, -0.25) is 4.79 Å². The van der Waals surface area contributed by atoms with Crippen molar-refractivity contribution in [1.29, 1.82) is 0 Å². The summed E-state index contributed by atoms with van der Waals surface area (Å²) in [6, 6.07) is 9.13. The van der Waals surface area contributed by atoms with Gasteiger partial charge in [0.25, 0.3) is 5.91 Å². The van der Waals surface area contributed by atoms with Gasteiger partial charge in [0.1, 0.15) is 22.7 Å². The molecule has 8 heteroatoms. The van der Waals surface area contributed by atoms with Gasteiger partial charge in [0.05, 0.1) is 12.3 Å². The van der Waals surface area contributed by atoms with Crippen LogP contribution in [0.4, 0.5) is 13.2 Å². The number of aromatic nitrogens is 1. The normalized spacial score (nSPS) is 21.2. The number of aliphatic imine (C=N–C) groups is 1. The molecule has 1 aromatic heterocycles. The number of hydrogen-bond acceptors (Lipinski definition) is 4. The Morgan fingerprint density at radius 2 is 1.89 bits per heavy atom. The molecule has 0 saturated carbocycles. The van der Waals surface area contributed by atoms with E-state index in [4.69, 9.17) is 4.74 Å². The fraction of sp³-hybridized carbons (Fsp3) is 0.316. The fourth-order valence-corrected chi connectivity index (χ4v) is 3.68. The first-order chi connectivity index (χ1) is 12.7. The summed E-state index contributed by atoms with van der Waals surface area (Å²) in [5.74, 6) is 0.234. The Bertz CT molecular complexity index is 969. The number of benzene rings is 1. The van der Waals surface area contributed by atoms with Crippen LogP contribution in [0.25, 0.3) is 0 Å². The summed E-state index contributed by atoms with van der Waals surface area (Å²) >= 11 is 0. The number of halogens is 3. The summed E-state index contributed by atoms with van der Waals surface area (Å²) in [4.78, 5) is 22.9. The molecule has 140 valence electrons. The van der Waals surface area contributed by atoms with Gasteiger partial charge in [0.2, 0.25) is 0 Å². The second kappa shape index (κ2) is 5.80. The van der Waals surface area contributed by atoms with Crippen LogP contribution in [-0.4, -0.2) is 42.3 Å². The minimum Gasteiger partial charge on any atom is -0.493 e. The van der Waals surface area contributed by atoms with E-state index in [0.717, 1.165) is 6.07 Å². The number of pyridine rings is 1. The van der Waals surface area contributed by atoms with Crippen LogP contribution in [0.3, 0.4) is 0 Å². The molecule has 2 aromatic rings. The Morgan fingerprint density at radius 3 is 2.59 bits per heavy atom. The van der Waals surface area contributed by atoms with Gasteiger partial charge >= 0.3 is 6.18 Å². The lowest BCUT2D eigenvalue weighted by atomic mass is 9.69. The summed E-state index contributed by atoms with van der Waals surface area (Å²) in [7, 11) is 3.37. The number of amidine groups is 1. The van der Waals surface area contributed by atoms with E-state index >= 15 is 0 Å². The second-order valence-electron chi connectivity index (χ2n) is 6.73. The van der Waals surface area contributed by atoms with Crippen molar-refractivity contribution in [3.8, 4) is 5.75 Å². The van der Waals surface area contributed by atoms with Crippen LogP contribution >= 0.6 is 0 Å². The Hall–Kier alpha value is -2.90. The van der Waals surface area contributed by atoms with E-state index in [1.807, 2.05) is 0 Å². The van der Waals surface area contributed by atoms with E-state index in [9.17, 15) is 18.0 Å². The molecule has 1 amide bonds. The van der Waals surface area contributed by atoms with E-state index in [1.54, 1.807) is 43.3 Å². The molecule has 1 atom stereocenters. The minimum atomic E-state index is -4.61. The van der Waals surface area contributed by atoms with E-state index < -0.39 is 23.2 Å². The van der Waals surface area contributed by atoms with Gasteiger partial charge in [0, 0.05) is 31.6 Å². The summed E-state index contributed by atoms with van der Waals surface area (Å²) in [5, 5.41) is 0. The van der Waals surface area contributed by atoms with Crippen molar-refractivity contribution in [3.05, 3.63) is 58.9 Å². The lowest BCUT2D eigenvalue weighted by Crippen LogP contribution is -2.47. The highest BCUT2D eigenvalue weighted by Gasteiger charge is 2.52. The SMILES string of the molecule is CN(C)C1=NC(=O)C2(CCOc3ccccc32)c2nc(C(F)(F)F)ccc21. The highest BCUT2D eigenvalue weighted by atomic mass is 19.4. The molecule has 2 aliphatic rings. The Morgan fingerprint density at radius 1 is 1.15 bits per heavy atom. The molecule has 0 aliphatic carbocycles. The van der Waals surface area contributed by atoms with Gasteiger partial charge < -0.3 is 9.64 Å². The monoisotopic (exact) mass is 375 g/mol. The largest absolute Gasteiger partial charge is 0.493 e. The summed E-state index contributed by atoms with van der Waals surface area (Å²) in [5.41, 5.74) is -1.42. The van der Waals surface area contributed by atoms with Gasteiger partial charge in [-0.1, -0.05) is 18.2 Å². The zero-order valence-corrected chi connectivity index (χ0v) is 14.7. The van der Waals surface area contributed by atoms with Gasteiger partial charge in [-0.2, -0.15) is 18.2 Å². The van der Waals surface area contributed by atoms with Crippen LogP contribution in [0.15, 0.2) is 41.4 Å². The number of rotatable bonds is 0. The molecule has 5 nitrogen and oxygen atoms in total. The van der Waals surface area contributed by atoms with Crippen molar-refractivity contribution in [3.63, 3.8) is 0 Å². The second-order valence-corrected chi connectivity index (χ2v) is 6.73. The lowest BCUT2D eigenvalue weighted by molar-refractivity contribution is -0.141. The molecule has 1 unspecified atom stereocenters. The smallest absolute Gasteiger partial charge is 0.433 e. The van der Waals surface area contributed by atoms with E-state index in [-0.39, 0.29) is 18.7 Å². The molecule has 0 radical (unpaired) electrons. The van der Waals surface area contributed by atoms with Crippen LogP contribution in [0, 0.1) is 0 Å². The average molecular weight is 375 g/mol. The molecule has 1 spiro atoms. The summed E-state index contributed by atoms with van der Waals surface area (Å²) in [6.45, 7) is 0.187. The van der Waals surface area contributed by atoms with Crippen LogP contribution in [0.5, 0.6) is 5.75 Å². The third-order valence-corrected chi connectivity index (χ3v) is 4.91. The number of hydrogen-bond donors (Lipinski definition) is 0. The maximum atomic E-state index is 13.3. The number of nitrogens with zero attached hydrogens (tertiary/aromatic N) is 3. The highest BCUT2D eigenvalue weighted by molar-refractivity contribution is 6.13. The highest BCUT2D eigenvalue weighted by Crippen LogP contribution is 2.47. The standard InChI is InChI=1S/C19H16F3N3O2/c1-25(2)16-11-7-8-14(19(20,21)22)23-15(11)18(17(26)24-16)9-10-27-13-6-4-3-5-12(13)18/h3-8H,9-10H2,1-2H3. The van der Waals surface area contributed by atoms with Gasteiger partial charge in [-0.25, -0.2) is 4.98 Å². The molecular weight excluding hydrogens is 359 g/mol. The van der Waals surface area contributed by atoms with Crippen molar-refractivity contribution in [1.82, 2.24) is 9.88 Å². The van der Waals surface area contributed by atoms with E-state index in [1.165, 1.54) is 6.07 Å². The van der Waals surface area contributed by atoms with E-state index in [2.05, 4.69) is 9.98 Å². The predicted octanol–water partition coefficient (Wildman–Crippen LogP) is 3.02. The zero-order valence-electron chi connectivity index (χ0n) is 14.7. The first-order valence-electron chi connectivity index (χ1n) is 8.37. The van der Waals surface area contributed by atoms with Crippen LogP contribution < -0.4 is 4.74 Å². The Balaban J connectivity index is 2.06. The predicted molar refractivity (Wildman–Crippen MR) is 91.8 cm³/mol. The third kappa shape index (κ3) is 2.50. The fourth-order valence-electron chi connectivity index (χ4n) is 3.68. The van der Waals surface area contributed by atoms with E-state index in [0.29, 0.717) is 22.7 Å². The van der Waals surface area contributed by atoms with Gasteiger partial charge in [-0.05, 0) is 18.2 Å². The molecule has 0 fully saturated rings. The number of carbonyl (C=O) groups is 1. The molecule has 0 N–H and O–H groups in total. The van der Waals surface area contributed by atoms with Gasteiger partial charge in [-0.15, -0.1) is 0 Å². The number of carbonyl (C=O) groups excluding carboxylic acids is 1. The molecule has 4 rings (SSSR count).